The third-order valence-electron chi connectivity index (χ3n) is 3.98. The summed E-state index contributed by atoms with van der Waals surface area (Å²) < 4.78 is 2.82. The number of hydrogen-bond donors (Lipinski definition) is 0. The molecule has 1 amide bonds. The summed E-state index contributed by atoms with van der Waals surface area (Å²) in [5, 5.41) is 10.1. The van der Waals surface area contributed by atoms with Gasteiger partial charge in [-0.1, -0.05) is 15.9 Å². The number of likely N-dealkylation sites (tertiary alicyclic amines) is 1. The van der Waals surface area contributed by atoms with Gasteiger partial charge < -0.3 is 9.47 Å². The molecule has 1 fully saturated rings. The Labute approximate surface area is 132 Å². The van der Waals surface area contributed by atoms with Crippen molar-refractivity contribution in [3.63, 3.8) is 0 Å². The largest absolute Gasteiger partial charge is 0.341 e. The van der Waals surface area contributed by atoms with Gasteiger partial charge in [0.05, 0.1) is 5.56 Å². The molecule has 1 aliphatic heterocycles. The summed E-state index contributed by atoms with van der Waals surface area (Å²) in [5.74, 6) is 0.138. The highest BCUT2D eigenvalue weighted by Gasteiger charge is 2.18. The third-order valence-corrected chi connectivity index (χ3v) is 4.47. The highest BCUT2D eigenvalue weighted by molar-refractivity contribution is 9.10. The molecule has 0 atom stereocenters. The van der Waals surface area contributed by atoms with Crippen LogP contribution in [0.15, 0.2) is 28.9 Å². The summed E-state index contributed by atoms with van der Waals surface area (Å²) >= 11 is 3.42. The van der Waals surface area contributed by atoms with Gasteiger partial charge in [0, 0.05) is 34.7 Å². The van der Waals surface area contributed by atoms with E-state index in [1.54, 1.807) is 6.20 Å². The Morgan fingerprint density at radius 2 is 2.05 bits per heavy atom. The quantitative estimate of drug-likeness (QED) is 0.838. The lowest BCUT2D eigenvalue weighted by Gasteiger charge is -2.27. The van der Waals surface area contributed by atoms with Crippen molar-refractivity contribution in [2.24, 2.45) is 0 Å². The maximum absolute atomic E-state index is 12.4. The van der Waals surface area contributed by atoms with Gasteiger partial charge in [-0.25, -0.2) is 0 Å². The van der Waals surface area contributed by atoms with Crippen LogP contribution in [-0.4, -0.2) is 28.5 Å². The number of hydrogen-bond acceptors (Lipinski definition) is 2. The van der Waals surface area contributed by atoms with E-state index in [9.17, 15) is 10.1 Å². The van der Waals surface area contributed by atoms with Crippen molar-refractivity contribution in [3.05, 3.63) is 34.4 Å². The first-order valence-corrected chi connectivity index (χ1v) is 7.94. The Kier molecular flexibility index (Phi) is 3.98. The maximum atomic E-state index is 12.4. The Morgan fingerprint density at radius 1 is 1.29 bits per heavy atom. The number of carbonyl (C=O) groups excluding carboxylic acids is 1. The fraction of sp³-hybridized carbons (Fsp3) is 0.375. The van der Waals surface area contributed by atoms with E-state index in [0.717, 1.165) is 41.3 Å². The first-order valence-electron chi connectivity index (χ1n) is 7.15. The van der Waals surface area contributed by atoms with Crippen LogP contribution < -0.4 is 0 Å². The number of rotatable bonds is 2. The number of carbonyl (C=O) groups is 1. The fourth-order valence-corrected chi connectivity index (χ4v) is 3.24. The highest BCUT2D eigenvalue weighted by Crippen LogP contribution is 2.25. The molecule has 4 nitrogen and oxygen atoms in total. The van der Waals surface area contributed by atoms with Crippen molar-refractivity contribution in [2.45, 2.75) is 25.8 Å². The SMILES string of the molecule is N#Cc1cn(CC(=O)N2CCCCC2)c2ccc(Br)cc12. The predicted molar refractivity (Wildman–Crippen MR) is 84.8 cm³/mol. The summed E-state index contributed by atoms with van der Waals surface area (Å²) in [6.45, 7) is 2.02. The first-order chi connectivity index (χ1) is 10.2. The van der Waals surface area contributed by atoms with E-state index in [1.165, 1.54) is 6.42 Å². The van der Waals surface area contributed by atoms with Crippen LogP contribution in [0.5, 0.6) is 0 Å². The minimum absolute atomic E-state index is 0.138. The molecule has 108 valence electrons. The molecule has 1 aromatic heterocycles. The van der Waals surface area contributed by atoms with Crippen LogP contribution in [0.25, 0.3) is 10.9 Å². The second-order valence-electron chi connectivity index (χ2n) is 5.39. The zero-order chi connectivity index (χ0) is 14.8. The van der Waals surface area contributed by atoms with E-state index in [0.29, 0.717) is 12.1 Å². The Bertz CT molecular complexity index is 723. The summed E-state index contributed by atoms with van der Waals surface area (Å²) in [6, 6.07) is 8.01. The molecule has 0 radical (unpaired) electrons. The third kappa shape index (κ3) is 2.81. The predicted octanol–water partition coefficient (Wildman–Crippen LogP) is 3.29. The van der Waals surface area contributed by atoms with Crippen LogP contribution in [0.1, 0.15) is 24.8 Å². The van der Waals surface area contributed by atoms with Crippen molar-refractivity contribution in [3.8, 4) is 6.07 Å². The molecule has 1 aliphatic rings. The molecule has 21 heavy (non-hydrogen) atoms. The van der Waals surface area contributed by atoms with Gasteiger partial charge in [-0.2, -0.15) is 5.26 Å². The van der Waals surface area contributed by atoms with Crippen LogP contribution in [0, 0.1) is 11.3 Å². The van der Waals surface area contributed by atoms with Gasteiger partial charge in [-0.05, 0) is 37.5 Å². The van der Waals surface area contributed by atoms with Crippen molar-refractivity contribution in [1.29, 1.82) is 5.26 Å². The number of nitriles is 1. The molecule has 5 heteroatoms. The highest BCUT2D eigenvalue weighted by atomic mass is 79.9. The molecule has 2 heterocycles. The molecule has 3 rings (SSSR count). The number of fused-ring (bicyclic) bond motifs is 1. The molecule has 1 saturated heterocycles. The van der Waals surface area contributed by atoms with Crippen molar-refractivity contribution < 1.29 is 4.79 Å². The molecular formula is C16H16BrN3O. The van der Waals surface area contributed by atoms with Crippen molar-refractivity contribution >= 4 is 32.7 Å². The number of aromatic nitrogens is 1. The zero-order valence-electron chi connectivity index (χ0n) is 11.7. The van der Waals surface area contributed by atoms with E-state index in [1.807, 2.05) is 27.7 Å². The Hall–Kier alpha value is -1.80. The van der Waals surface area contributed by atoms with Gasteiger partial charge in [-0.15, -0.1) is 0 Å². The van der Waals surface area contributed by atoms with Gasteiger partial charge in [-0.3, -0.25) is 4.79 Å². The monoisotopic (exact) mass is 345 g/mol. The summed E-state index contributed by atoms with van der Waals surface area (Å²) in [5.41, 5.74) is 1.54. The van der Waals surface area contributed by atoms with Gasteiger partial charge in [0.25, 0.3) is 0 Å². The second-order valence-corrected chi connectivity index (χ2v) is 6.30. The van der Waals surface area contributed by atoms with E-state index in [4.69, 9.17) is 0 Å². The Morgan fingerprint density at radius 3 is 2.76 bits per heavy atom. The smallest absolute Gasteiger partial charge is 0.242 e. The van der Waals surface area contributed by atoms with E-state index >= 15 is 0 Å². The van der Waals surface area contributed by atoms with E-state index < -0.39 is 0 Å². The Balaban J connectivity index is 1.90. The average molecular weight is 346 g/mol. The van der Waals surface area contributed by atoms with E-state index in [2.05, 4.69) is 22.0 Å². The number of amides is 1. The topological polar surface area (TPSA) is 49.0 Å². The summed E-state index contributed by atoms with van der Waals surface area (Å²) in [4.78, 5) is 14.3. The van der Waals surface area contributed by atoms with Crippen LogP contribution in [0.4, 0.5) is 0 Å². The fourth-order valence-electron chi connectivity index (χ4n) is 2.88. The molecular weight excluding hydrogens is 330 g/mol. The minimum atomic E-state index is 0.138. The maximum Gasteiger partial charge on any atom is 0.242 e. The van der Waals surface area contributed by atoms with Crippen LogP contribution >= 0.6 is 15.9 Å². The van der Waals surface area contributed by atoms with Gasteiger partial charge >= 0.3 is 0 Å². The molecule has 0 aliphatic carbocycles. The molecule has 2 aromatic rings. The van der Waals surface area contributed by atoms with Crippen LogP contribution in [0.3, 0.4) is 0 Å². The minimum Gasteiger partial charge on any atom is -0.341 e. The number of piperidine rings is 1. The first kappa shape index (κ1) is 14.2. The molecule has 0 unspecified atom stereocenters. The van der Waals surface area contributed by atoms with Crippen molar-refractivity contribution in [1.82, 2.24) is 9.47 Å². The summed E-state index contributed by atoms with van der Waals surface area (Å²) in [7, 11) is 0. The molecule has 1 aromatic carbocycles. The van der Waals surface area contributed by atoms with Gasteiger partial charge in [0.15, 0.2) is 0 Å². The lowest BCUT2D eigenvalue weighted by molar-refractivity contribution is -0.132. The molecule has 0 N–H and O–H groups in total. The molecule has 0 saturated carbocycles. The van der Waals surface area contributed by atoms with Crippen LogP contribution in [-0.2, 0) is 11.3 Å². The molecule has 0 spiro atoms. The van der Waals surface area contributed by atoms with Gasteiger partial charge in [0.1, 0.15) is 12.6 Å². The molecule has 0 bridgehead atoms. The average Bonchev–Trinajstić information content (AvgIpc) is 2.85. The lowest BCUT2D eigenvalue weighted by atomic mass is 10.1. The normalized spacial score (nSPS) is 15.1. The van der Waals surface area contributed by atoms with Crippen molar-refractivity contribution in [2.75, 3.05) is 13.1 Å². The lowest BCUT2D eigenvalue weighted by Crippen LogP contribution is -2.37. The second kappa shape index (κ2) is 5.90. The van der Waals surface area contributed by atoms with Crippen LogP contribution in [0.2, 0.25) is 0 Å². The number of nitrogens with zero attached hydrogens (tertiary/aromatic N) is 3. The standard InChI is InChI=1S/C16H16BrN3O/c17-13-4-5-15-14(8-13)12(9-18)10-20(15)11-16(21)19-6-2-1-3-7-19/h4-5,8,10H,1-3,6-7,11H2. The zero-order valence-corrected chi connectivity index (χ0v) is 13.3. The van der Waals surface area contributed by atoms with E-state index in [-0.39, 0.29) is 5.91 Å². The number of halogens is 1. The van der Waals surface area contributed by atoms with Gasteiger partial charge in [0.2, 0.25) is 5.91 Å². The summed E-state index contributed by atoms with van der Waals surface area (Å²) in [6.07, 6.45) is 5.17. The number of benzene rings is 1.